The first-order valence-corrected chi connectivity index (χ1v) is 4.57. The zero-order valence-electron chi connectivity index (χ0n) is 7.90. The van der Waals surface area contributed by atoms with Gasteiger partial charge in [-0.3, -0.25) is 0 Å². The van der Waals surface area contributed by atoms with E-state index in [1.165, 1.54) is 6.07 Å². The van der Waals surface area contributed by atoms with Crippen LogP contribution >= 0.6 is 12.4 Å². The fourth-order valence-electron chi connectivity index (χ4n) is 1.76. The summed E-state index contributed by atoms with van der Waals surface area (Å²) in [7, 11) is 0. The van der Waals surface area contributed by atoms with E-state index in [4.69, 9.17) is 0 Å². The summed E-state index contributed by atoms with van der Waals surface area (Å²) in [5.74, 6) is -3.58. The van der Waals surface area contributed by atoms with Crippen LogP contribution in [0.25, 0.3) is 0 Å². The highest BCUT2D eigenvalue weighted by atomic mass is 35.5. The molecule has 1 saturated heterocycles. The summed E-state index contributed by atoms with van der Waals surface area (Å²) in [6, 6.07) is 2.09. The van der Waals surface area contributed by atoms with Crippen LogP contribution in [0.1, 0.15) is 24.4 Å². The molecule has 1 nitrogen and oxygen atoms in total. The molecular formula is C10H11ClF3N. The third-order valence-electron chi connectivity index (χ3n) is 2.50. The fourth-order valence-corrected chi connectivity index (χ4v) is 1.76. The Labute approximate surface area is 92.1 Å². The number of hydrogen-bond acceptors (Lipinski definition) is 1. The molecule has 15 heavy (non-hydrogen) atoms. The van der Waals surface area contributed by atoms with E-state index in [-0.39, 0.29) is 24.0 Å². The maximum atomic E-state index is 13.3. The van der Waals surface area contributed by atoms with Crippen molar-refractivity contribution in [1.29, 1.82) is 0 Å². The molecule has 1 aliphatic heterocycles. The van der Waals surface area contributed by atoms with Crippen LogP contribution in [-0.2, 0) is 0 Å². The van der Waals surface area contributed by atoms with Crippen molar-refractivity contribution in [3.05, 3.63) is 35.1 Å². The minimum atomic E-state index is -1.38. The monoisotopic (exact) mass is 237 g/mol. The second-order valence-electron chi connectivity index (χ2n) is 3.41. The normalized spacial score (nSPS) is 20.1. The quantitative estimate of drug-likeness (QED) is 0.741. The molecule has 1 atom stereocenters. The Balaban J connectivity index is 0.00000112. The standard InChI is InChI=1S/C10H10F3N.ClH/c11-7-4-3-6(9(12)10(7)13)8-2-1-5-14-8;/h3-4,8,14H,1-2,5H2;1H/t8-;/m1./s1. The predicted molar refractivity (Wildman–Crippen MR) is 53.5 cm³/mol. The molecule has 1 aliphatic rings. The van der Waals surface area contributed by atoms with Crippen molar-refractivity contribution < 1.29 is 13.2 Å². The lowest BCUT2D eigenvalue weighted by Gasteiger charge is -2.11. The van der Waals surface area contributed by atoms with Crippen molar-refractivity contribution in [3.63, 3.8) is 0 Å². The van der Waals surface area contributed by atoms with Gasteiger partial charge in [-0.05, 0) is 25.5 Å². The Morgan fingerprint density at radius 2 is 1.87 bits per heavy atom. The average Bonchev–Trinajstić information content (AvgIpc) is 2.67. The summed E-state index contributed by atoms with van der Waals surface area (Å²) in [5, 5.41) is 3.03. The first-order chi connectivity index (χ1) is 6.70. The van der Waals surface area contributed by atoms with Gasteiger partial charge in [0.1, 0.15) is 0 Å². The summed E-state index contributed by atoms with van der Waals surface area (Å²) in [6.45, 7) is 0.795. The minimum absolute atomic E-state index is 0. The van der Waals surface area contributed by atoms with Gasteiger partial charge < -0.3 is 5.32 Å². The van der Waals surface area contributed by atoms with E-state index in [9.17, 15) is 13.2 Å². The van der Waals surface area contributed by atoms with Gasteiger partial charge in [0, 0.05) is 11.6 Å². The van der Waals surface area contributed by atoms with Crippen molar-refractivity contribution in [1.82, 2.24) is 5.32 Å². The molecule has 0 amide bonds. The van der Waals surface area contributed by atoms with Gasteiger partial charge in [0.25, 0.3) is 0 Å². The largest absolute Gasteiger partial charge is 0.310 e. The first-order valence-electron chi connectivity index (χ1n) is 4.57. The molecule has 1 fully saturated rings. The molecule has 5 heteroatoms. The molecule has 0 radical (unpaired) electrons. The van der Waals surface area contributed by atoms with Crippen molar-refractivity contribution in [2.45, 2.75) is 18.9 Å². The molecule has 0 aliphatic carbocycles. The van der Waals surface area contributed by atoms with E-state index >= 15 is 0 Å². The number of hydrogen-bond donors (Lipinski definition) is 1. The van der Waals surface area contributed by atoms with E-state index in [2.05, 4.69) is 5.32 Å². The van der Waals surface area contributed by atoms with Crippen LogP contribution in [0.5, 0.6) is 0 Å². The molecule has 0 spiro atoms. The Morgan fingerprint density at radius 1 is 1.13 bits per heavy atom. The van der Waals surface area contributed by atoms with Gasteiger partial charge in [-0.2, -0.15) is 0 Å². The molecule has 0 saturated carbocycles. The molecular weight excluding hydrogens is 227 g/mol. The molecule has 1 aromatic rings. The van der Waals surface area contributed by atoms with Gasteiger partial charge in [0.2, 0.25) is 0 Å². The van der Waals surface area contributed by atoms with Crippen LogP contribution in [0, 0.1) is 17.5 Å². The number of halogens is 4. The predicted octanol–water partition coefficient (Wildman–Crippen LogP) is 2.95. The van der Waals surface area contributed by atoms with Crippen molar-refractivity contribution in [2.24, 2.45) is 0 Å². The van der Waals surface area contributed by atoms with Crippen LogP contribution < -0.4 is 5.32 Å². The van der Waals surface area contributed by atoms with Crippen LogP contribution in [0.4, 0.5) is 13.2 Å². The second kappa shape index (κ2) is 4.86. The molecule has 0 unspecified atom stereocenters. The zero-order valence-corrected chi connectivity index (χ0v) is 8.71. The zero-order chi connectivity index (χ0) is 10.1. The Hall–Kier alpha value is -0.740. The SMILES string of the molecule is Cl.Fc1ccc([C@H]2CCCN2)c(F)c1F. The number of benzene rings is 1. The highest BCUT2D eigenvalue weighted by molar-refractivity contribution is 5.85. The minimum Gasteiger partial charge on any atom is -0.310 e. The van der Waals surface area contributed by atoms with Crippen LogP contribution in [0.15, 0.2) is 12.1 Å². The van der Waals surface area contributed by atoms with E-state index < -0.39 is 17.5 Å². The maximum absolute atomic E-state index is 13.3. The average molecular weight is 238 g/mol. The van der Waals surface area contributed by atoms with Crippen LogP contribution in [-0.4, -0.2) is 6.54 Å². The molecule has 1 aromatic carbocycles. The lowest BCUT2D eigenvalue weighted by Crippen LogP contribution is -2.15. The summed E-state index contributed by atoms with van der Waals surface area (Å²) in [6.07, 6.45) is 1.70. The van der Waals surface area contributed by atoms with Gasteiger partial charge in [-0.1, -0.05) is 6.07 Å². The van der Waals surface area contributed by atoms with E-state index in [1.54, 1.807) is 0 Å². The van der Waals surface area contributed by atoms with E-state index in [0.717, 1.165) is 25.5 Å². The van der Waals surface area contributed by atoms with Gasteiger partial charge in [0.05, 0.1) is 0 Å². The molecule has 1 heterocycles. The molecule has 2 rings (SSSR count). The second-order valence-corrected chi connectivity index (χ2v) is 3.41. The lowest BCUT2D eigenvalue weighted by atomic mass is 10.0. The van der Waals surface area contributed by atoms with Gasteiger partial charge in [-0.15, -0.1) is 12.4 Å². The highest BCUT2D eigenvalue weighted by Gasteiger charge is 2.22. The Morgan fingerprint density at radius 3 is 2.47 bits per heavy atom. The Kier molecular flexibility index (Phi) is 3.99. The summed E-state index contributed by atoms with van der Waals surface area (Å²) in [5.41, 5.74) is 0.224. The van der Waals surface area contributed by atoms with E-state index in [1.807, 2.05) is 0 Å². The van der Waals surface area contributed by atoms with Gasteiger partial charge in [-0.25, -0.2) is 13.2 Å². The fraction of sp³-hybridized carbons (Fsp3) is 0.400. The molecule has 84 valence electrons. The van der Waals surface area contributed by atoms with Gasteiger partial charge in [0.15, 0.2) is 17.5 Å². The van der Waals surface area contributed by atoms with Crippen LogP contribution in [0.3, 0.4) is 0 Å². The molecule has 0 bridgehead atoms. The number of rotatable bonds is 1. The van der Waals surface area contributed by atoms with Gasteiger partial charge >= 0.3 is 0 Å². The first kappa shape index (κ1) is 12.3. The maximum Gasteiger partial charge on any atom is 0.194 e. The summed E-state index contributed by atoms with van der Waals surface area (Å²) < 4.78 is 38.7. The Bertz CT molecular complexity index is 351. The summed E-state index contributed by atoms with van der Waals surface area (Å²) in [4.78, 5) is 0. The lowest BCUT2D eigenvalue weighted by molar-refractivity contribution is 0.432. The van der Waals surface area contributed by atoms with Crippen molar-refractivity contribution in [2.75, 3.05) is 6.54 Å². The van der Waals surface area contributed by atoms with Crippen molar-refractivity contribution >= 4 is 12.4 Å². The number of nitrogens with one attached hydrogen (secondary N) is 1. The topological polar surface area (TPSA) is 12.0 Å². The third kappa shape index (κ3) is 2.26. The highest BCUT2D eigenvalue weighted by Crippen LogP contribution is 2.27. The summed E-state index contributed by atoms with van der Waals surface area (Å²) >= 11 is 0. The molecule has 0 aromatic heterocycles. The van der Waals surface area contributed by atoms with Crippen LogP contribution in [0.2, 0.25) is 0 Å². The molecule has 1 N–H and O–H groups in total. The third-order valence-corrected chi connectivity index (χ3v) is 2.50. The van der Waals surface area contributed by atoms with Crippen molar-refractivity contribution in [3.8, 4) is 0 Å². The van der Waals surface area contributed by atoms with E-state index in [0.29, 0.717) is 0 Å². The smallest absolute Gasteiger partial charge is 0.194 e.